The maximum atomic E-state index is 6.29. The Labute approximate surface area is 99.5 Å². The number of hydrogen-bond acceptors (Lipinski definition) is 1. The van der Waals surface area contributed by atoms with Gasteiger partial charge in [0.25, 0.3) is 0 Å². The summed E-state index contributed by atoms with van der Waals surface area (Å²) in [7, 11) is 0. The van der Waals surface area contributed by atoms with E-state index in [1.165, 1.54) is 32.1 Å². The van der Waals surface area contributed by atoms with Crippen LogP contribution in [-0.2, 0) is 4.74 Å². The van der Waals surface area contributed by atoms with Crippen LogP contribution in [0.4, 0.5) is 0 Å². The molecule has 1 aliphatic carbocycles. The maximum Gasteiger partial charge on any atom is 0.0469 e. The van der Waals surface area contributed by atoms with E-state index < -0.39 is 0 Å². The first-order chi connectivity index (χ1) is 7.20. The van der Waals surface area contributed by atoms with Crippen LogP contribution in [0.1, 0.15) is 52.4 Å². The molecule has 1 fully saturated rings. The summed E-state index contributed by atoms with van der Waals surface area (Å²) < 4.78 is 5.64. The SMILES string of the molecule is CC(C)CCOCCC1CCCCC1Cl. The molecule has 90 valence electrons. The van der Waals surface area contributed by atoms with Crippen LogP contribution >= 0.6 is 11.6 Å². The maximum absolute atomic E-state index is 6.29. The summed E-state index contributed by atoms with van der Waals surface area (Å²) in [4.78, 5) is 0. The number of hydrogen-bond donors (Lipinski definition) is 0. The van der Waals surface area contributed by atoms with E-state index in [4.69, 9.17) is 16.3 Å². The van der Waals surface area contributed by atoms with Gasteiger partial charge in [-0.25, -0.2) is 0 Å². The Morgan fingerprint density at radius 1 is 1.20 bits per heavy atom. The topological polar surface area (TPSA) is 9.23 Å². The summed E-state index contributed by atoms with van der Waals surface area (Å²) in [5.74, 6) is 1.46. The van der Waals surface area contributed by atoms with Crippen molar-refractivity contribution < 1.29 is 4.74 Å². The fourth-order valence-electron chi connectivity index (χ4n) is 2.14. The van der Waals surface area contributed by atoms with Crippen molar-refractivity contribution in [1.29, 1.82) is 0 Å². The molecular formula is C13H25ClO. The minimum absolute atomic E-state index is 0.410. The van der Waals surface area contributed by atoms with Crippen molar-refractivity contribution in [1.82, 2.24) is 0 Å². The summed E-state index contributed by atoms with van der Waals surface area (Å²) in [6.45, 7) is 6.29. The Morgan fingerprint density at radius 3 is 2.60 bits per heavy atom. The molecule has 0 radical (unpaired) electrons. The van der Waals surface area contributed by atoms with Gasteiger partial charge in [-0.05, 0) is 37.5 Å². The van der Waals surface area contributed by atoms with Crippen LogP contribution < -0.4 is 0 Å². The van der Waals surface area contributed by atoms with Crippen LogP contribution in [0, 0.1) is 11.8 Å². The molecule has 1 rings (SSSR count). The molecule has 0 heterocycles. The van der Waals surface area contributed by atoms with E-state index in [2.05, 4.69) is 13.8 Å². The summed E-state index contributed by atoms with van der Waals surface area (Å²) in [5, 5.41) is 0.410. The van der Waals surface area contributed by atoms with E-state index in [-0.39, 0.29) is 0 Å². The number of alkyl halides is 1. The van der Waals surface area contributed by atoms with Gasteiger partial charge in [-0.15, -0.1) is 11.6 Å². The van der Waals surface area contributed by atoms with Crippen LogP contribution in [0.15, 0.2) is 0 Å². The lowest BCUT2D eigenvalue weighted by Crippen LogP contribution is -2.21. The van der Waals surface area contributed by atoms with Gasteiger partial charge in [0.2, 0.25) is 0 Å². The number of halogens is 1. The van der Waals surface area contributed by atoms with Crippen LogP contribution in [0.2, 0.25) is 0 Å². The molecule has 0 N–H and O–H groups in total. The molecule has 0 aromatic heterocycles. The molecule has 0 aliphatic heterocycles. The average Bonchev–Trinajstić information content (AvgIpc) is 2.20. The third kappa shape index (κ3) is 5.77. The molecule has 1 saturated carbocycles. The largest absolute Gasteiger partial charge is 0.381 e. The fraction of sp³-hybridized carbons (Fsp3) is 1.00. The molecule has 0 aromatic rings. The minimum Gasteiger partial charge on any atom is -0.381 e. The Hall–Kier alpha value is 0.250. The second-order valence-electron chi connectivity index (χ2n) is 5.14. The first kappa shape index (κ1) is 13.3. The molecule has 0 bridgehead atoms. The van der Waals surface area contributed by atoms with Crippen LogP contribution in [0.5, 0.6) is 0 Å². The summed E-state index contributed by atoms with van der Waals surface area (Å²) >= 11 is 6.29. The molecule has 2 heteroatoms. The standard InChI is InChI=1S/C13H25ClO/c1-11(2)7-9-15-10-8-12-5-3-4-6-13(12)14/h11-13H,3-10H2,1-2H3. The molecule has 0 aromatic carbocycles. The number of rotatable bonds is 6. The van der Waals surface area contributed by atoms with Gasteiger partial charge < -0.3 is 4.74 Å². The molecule has 0 saturated heterocycles. The highest BCUT2D eigenvalue weighted by Crippen LogP contribution is 2.30. The Bertz CT molecular complexity index is 159. The third-order valence-corrected chi connectivity index (χ3v) is 3.86. The second-order valence-corrected chi connectivity index (χ2v) is 5.70. The van der Waals surface area contributed by atoms with Crippen molar-refractivity contribution in [2.45, 2.75) is 57.7 Å². The van der Waals surface area contributed by atoms with Gasteiger partial charge in [0, 0.05) is 18.6 Å². The zero-order valence-electron chi connectivity index (χ0n) is 10.2. The van der Waals surface area contributed by atoms with Gasteiger partial charge in [0.1, 0.15) is 0 Å². The highest BCUT2D eigenvalue weighted by atomic mass is 35.5. The smallest absolute Gasteiger partial charge is 0.0469 e. The quantitative estimate of drug-likeness (QED) is 0.492. The van der Waals surface area contributed by atoms with Crippen molar-refractivity contribution in [2.75, 3.05) is 13.2 Å². The predicted molar refractivity (Wildman–Crippen MR) is 66.5 cm³/mol. The minimum atomic E-state index is 0.410. The molecule has 0 spiro atoms. The lowest BCUT2D eigenvalue weighted by atomic mass is 9.87. The third-order valence-electron chi connectivity index (χ3n) is 3.29. The van der Waals surface area contributed by atoms with Crippen molar-refractivity contribution >= 4 is 11.6 Å². The zero-order chi connectivity index (χ0) is 11.1. The van der Waals surface area contributed by atoms with Crippen LogP contribution in [-0.4, -0.2) is 18.6 Å². The second kappa shape index (κ2) is 7.51. The first-order valence-corrected chi connectivity index (χ1v) is 6.85. The molecular weight excluding hydrogens is 208 g/mol. The molecule has 15 heavy (non-hydrogen) atoms. The summed E-state index contributed by atoms with van der Waals surface area (Å²) in [6, 6.07) is 0. The van der Waals surface area contributed by atoms with E-state index in [0.717, 1.165) is 25.6 Å². The lowest BCUT2D eigenvalue weighted by molar-refractivity contribution is 0.106. The monoisotopic (exact) mass is 232 g/mol. The van der Waals surface area contributed by atoms with Gasteiger partial charge in [0.15, 0.2) is 0 Å². The molecule has 2 unspecified atom stereocenters. The average molecular weight is 233 g/mol. The molecule has 1 aliphatic rings. The van der Waals surface area contributed by atoms with Crippen molar-refractivity contribution in [3.8, 4) is 0 Å². The first-order valence-electron chi connectivity index (χ1n) is 6.42. The van der Waals surface area contributed by atoms with Gasteiger partial charge >= 0.3 is 0 Å². The summed E-state index contributed by atoms with van der Waals surface area (Å²) in [5.41, 5.74) is 0. The normalized spacial score (nSPS) is 27.2. The van der Waals surface area contributed by atoms with Crippen LogP contribution in [0.3, 0.4) is 0 Å². The van der Waals surface area contributed by atoms with E-state index in [0.29, 0.717) is 11.3 Å². The highest BCUT2D eigenvalue weighted by Gasteiger charge is 2.22. The van der Waals surface area contributed by atoms with E-state index in [1.54, 1.807) is 0 Å². The van der Waals surface area contributed by atoms with E-state index in [1.807, 2.05) is 0 Å². The van der Waals surface area contributed by atoms with Crippen molar-refractivity contribution in [3.63, 3.8) is 0 Å². The van der Waals surface area contributed by atoms with Gasteiger partial charge in [0.05, 0.1) is 0 Å². The Morgan fingerprint density at radius 2 is 1.93 bits per heavy atom. The van der Waals surface area contributed by atoms with Gasteiger partial charge in [-0.1, -0.05) is 26.7 Å². The lowest BCUT2D eigenvalue weighted by Gasteiger charge is -2.26. The zero-order valence-corrected chi connectivity index (χ0v) is 10.9. The molecule has 0 amide bonds. The summed E-state index contributed by atoms with van der Waals surface area (Å²) in [6.07, 6.45) is 7.53. The van der Waals surface area contributed by atoms with Crippen molar-refractivity contribution in [2.24, 2.45) is 11.8 Å². The van der Waals surface area contributed by atoms with Gasteiger partial charge in [-0.2, -0.15) is 0 Å². The fourth-order valence-corrected chi connectivity index (χ4v) is 2.55. The van der Waals surface area contributed by atoms with E-state index >= 15 is 0 Å². The van der Waals surface area contributed by atoms with Crippen molar-refractivity contribution in [3.05, 3.63) is 0 Å². The Balaban J connectivity index is 1.99. The predicted octanol–water partition coefficient (Wildman–Crippen LogP) is 4.24. The highest BCUT2D eigenvalue weighted by molar-refractivity contribution is 6.20. The van der Waals surface area contributed by atoms with Gasteiger partial charge in [-0.3, -0.25) is 0 Å². The van der Waals surface area contributed by atoms with E-state index in [9.17, 15) is 0 Å². The number of ether oxygens (including phenoxy) is 1. The molecule has 1 nitrogen and oxygen atoms in total. The molecule has 2 atom stereocenters. The Kier molecular flexibility index (Phi) is 6.67. The van der Waals surface area contributed by atoms with Crippen LogP contribution in [0.25, 0.3) is 0 Å².